The molecule has 2 rings (SSSR count). The van der Waals surface area contributed by atoms with Crippen LogP contribution in [0.5, 0.6) is 5.75 Å². The molecule has 0 saturated carbocycles. The van der Waals surface area contributed by atoms with Crippen LogP contribution in [0.2, 0.25) is 0 Å². The lowest BCUT2D eigenvalue weighted by Crippen LogP contribution is -2.48. The number of hydrogen-bond donors (Lipinski definition) is 2. The fourth-order valence-corrected chi connectivity index (χ4v) is 3.27. The molecule has 0 unspecified atom stereocenters. The number of rotatable bonds is 3. The third-order valence-corrected chi connectivity index (χ3v) is 4.16. The van der Waals surface area contributed by atoms with Gasteiger partial charge in [0.2, 0.25) is 0 Å². The van der Waals surface area contributed by atoms with E-state index in [4.69, 9.17) is 0 Å². The lowest BCUT2D eigenvalue weighted by atomic mass is 9.80. The van der Waals surface area contributed by atoms with Gasteiger partial charge in [-0.15, -0.1) is 24.8 Å². The maximum Gasteiger partial charge on any atom is 0.123 e. The first kappa shape index (κ1) is 21.5. The molecule has 0 radical (unpaired) electrons. The minimum absolute atomic E-state index is 0. The van der Waals surface area contributed by atoms with Crippen LogP contribution < -0.4 is 5.32 Å². The molecule has 1 aromatic carbocycles. The summed E-state index contributed by atoms with van der Waals surface area (Å²) in [5.74, 6) is 0.494. The van der Waals surface area contributed by atoms with Gasteiger partial charge in [0.15, 0.2) is 0 Å². The summed E-state index contributed by atoms with van der Waals surface area (Å²) < 4.78 is 0. The number of halogens is 2. The van der Waals surface area contributed by atoms with E-state index in [-0.39, 0.29) is 36.3 Å². The Kier molecular flexibility index (Phi) is 8.78. The van der Waals surface area contributed by atoms with Gasteiger partial charge in [-0.3, -0.25) is 4.90 Å². The van der Waals surface area contributed by atoms with Crippen LogP contribution in [0.15, 0.2) is 18.2 Å². The first-order chi connectivity index (χ1) is 9.45. The largest absolute Gasteiger partial charge is 0.507 e. The predicted octanol–water partition coefficient (Wildman–Crippen LogP) is 3.79. The minimum Gasteiger partial charge on any atom is -0.507 e. The van der Waals surface area contributed by atoms with Gasteiger partial charge in [0, 0.05) is 37.8 Å². The van der Waals surface area contributed by atoms with Crippen molar-refractivity contribution in [2.45, 2.75) is 40.2 Å². The molecule has 0 amide bonds. The zero-order chi connectivity index (χ0) is 14.8. The van der Waals surface area contributed by atoms with Gasteiger partial charge in [-0.2, -0.15) is 0 Å². The summed E-state index contributed by atoms with van der Waals surface area (Å²) >= 11 is 0. The molecular formula is C17H30Cl2N2O. The van der Waals surface area contributed by atoms with E-state index in [1.54, 1.807) is 0 Å². The van der Waals surface area contributed by atoms with Gasteiger partial charge in [-0.1, -0.05) is 45.9 Å². The van der Waals surface area contributed by atoms with Crippen molar-refractivity contribution in [3.05, 3.63) is 29.3 Å². The number of para-hydroxylation sites is 1. The number of benzene rings is 1. The normalized spacial score (nSPS) is 17.3. The first-order valence-electron chi connectivity index (χ1n) is 7.70. The summed E-state index contributed by atoms with van der Waals surface area (Å²) in [6.07, 6.45) is 0.873. The van der Waals surface area contributed by atoms with Gasteiger partial charge < -0.3 is 10.4 Å². The van der Waals surface area contributed by atoms with Crippen molar-refractivity contribution in [1.82, 2.24) is 10.2 Å². The zero-order valence-electron chi connectivity index (χ0n) is 14.1. The van der Waals surface area contributed by atoms with E-state index in [1.165, 1.54) is 0 Å². The highest BCUT2D eigenvalue weighted by Crippen LogP contribution is 2.42. The van der Waals surface area contributed by atoms with Crippen LogP contribution in [0.4, 0.5) is 0 Å². The summed E-state index contributed by atoms with van der Waals surface area (Å²) in [6.45, 7) is 13.0. The third-order valence-electron chi connectivity index (χ3n) is 4.16. The van der Waals surface area contributed by atoms with Crippen LogP contribution in [0.1, 0.15) is 44.9 Å². The summed E-state index contributed by atoms with van der Waals surface area (Å²) in [5, 5.41) is 14.0. The highest BCUT2D eigenvalue weighted by Gasteiger charge is 2.34. The summed E-state index contributed by atoms with van der Waals surface area (Å²) in [7, 11) is 0. The van der Waals surface area contributed by atoms with Crippen LogP contribution in [0.25, 0.3) is 0 Å². The second-order valence-corrected chi connectivity index (χ2v) is 6.76. The Morgan fingerprint density at radius 3 is 2.27 bits per heavy atom. The minimum atomic E-state index is 0. The lowest BCUT2D eigenvalue weighted by molar-refractivity contribution is 0.0841. The average Bonchev–Trinajstić information content (AvgIpc) is 2.41. The van der Waals surface area contributed by atoms with E-state index in [9.17, 15) is 5.11 Å². The average molecular weight is 349 g/mol. The van der Waals surface area contributed by atoms with Crippen LogP contribution >= 0.6 is 24.8 Å². The molecule has 0 aromatic heterocycles. The maximum absolute atomic E-state index is 10.6. The highest BCUT2D eigenvalue weighted by atomic mass is 35.5. The van der Waals surface area contributed by atoms with E-state index < -0.39 is 0 Å². The molecule has 1 atom stereocenters. The molecule has 0 bridgehead atoms. The van der Waals surface area contributed by atoms with E-state index in [2.05, 4.69) is 50.0 Å². The highest BCUT2D eigenvalue weighted by molar-refractivity contribution is 5.85. The number of piperazine rings is 1. The van der Waals surface area contributed by atoms with Crippen LogP contribution in [-0.2, 0) is 6.42 Å². The van der Waals surface area contributed by atoms with Gasteiger partial charge in [-0.05, 0) is 17.4 Å². The fraction of sp³-hybridized carbons (Fsp3) is 0.647. The molecule has 0 aliphatic carbocycles. The van der Waals surface area contributed by atoms with Crippen LogP contribution in [-0.4, -0.2) is 36.2 Å². The second-order valence-electron chi connectivity index (χ2n) is 6.76. The Balaban J connectivity index is 0.00000220. The van der Waals surface area contributed by atoms with E-state index in [0.29, 0.717) is 5.75 Å². The molecule has 1 aliphatic rings. The van der Waals surface area contributed by atoms with Gasteiger partial charge >= 0.3 is 0 Å². The Morgan fingerprint density at radius 2 is 1.77 bits per heavy atom. The van der Waals surface area contributed by atoms with Crippen molar-refractivity contribution < 1.29 is 5.11 Å². The second kappa shape index (κ2) is 8.97. The van der Waals surface area contributed by atoms with Crippen molar-refractivity contribution in [1.29, 1.82) is 0 Å². The Labute approximate surface area is 147 Å². The number of phenolic OH excluding ortho intramolecular Hbond substituents is 1. The van der Waals surface area contributed by atoms with E-state index in [1.807, 2.05) is 6.07 Å². The summed E-state index contributed by atoms with van der Waals surface area (Å²) in [4.78, 5) is 2.50. The molecule has 1 heterocycles. The van der Waals surface area contributed by atoms with Gasteiger partial charge in [0.05, 0.1) is 0 Å². The number of aryl methyl sites for hydroxylation is 1. The summed E-state index contributed by atoms with van der Waals surface area (Å²) in [6, 6.07) is 6.45. The van der Waals surface area contributed by atoms with Crippen molar-refractivity contribution in [2.75, 3.05) is 26.2 Å². The third kappa shape index (κ3) is 4.76. The molecular weight excluding hydrogens is 319 g/mol. The maximum atomic E-state index is 10.6. The van der Waals surface area contributed by atoms with E-state index >= 15 is 0 Å². The number of hydrogen-bond acceptors (Lipinski definition) is 3. The Hall–Kier alpha value is -0.480. The van der Waals surface area contributed by atoms with Gasteiger partial charge in [-0.25, -0.2) is 0 Å². The fourth-order valence-electron chi connectivity index (χ4n) is 3.27. The number of phenols is 1. The Morgan fingerprint density at radius 1 is 1.18 bits per heavy atom. The summed E-state index contributed by atoms with van der Waals surface area (Å²) in [5.41, 5.74) is 2.23. The van der Waals surface area contributed by atoms with E-state index in [0.717, 1.165) is 43.7 Å². The predicted molar refractivity (Wildman–Crippen MR) is 98.6 cm³/mol. The molecule has 3 nitrogen and oxygen atoms in total. The number of nitrogens with one attached hydrogen (secondary N) is 1. The number of aromatic hydroxyl groups is 1. The van der Waals surface area contributed by atoms with Crippen LogP contribution in [0, 0.1) is 5.41 Å². The van der Waals surface area contributed by atoms with Crippen molar-refractivity contribution >= 4 is 24.8 Å². The molecule has 2 N–H and O–H groups in total. The first-order valence-corrected chi connectivity index (χ1v) is 7.70. The molecule has 22 heavy (non-hydrogen) atoms. The molecule has 1 aliphatic heterocycles. The molecule has 0 spiro atoms. The van der Waals surface area contributed by atoms with Crippen LogP contribution in [0.3, 0.4) is 0 Å². The molecule has 1 fully saturated rings. The lowest BCUT2D eigenvalue weighted by Gasteiger charge is -2.43. The SMILES string of the molecule is CCc1cccc([C@H](N2CCNCC2)C(C)(C)C)c1O.Cl.Cl. The van der Waals surface area contributed by atoms with Gasteiger partial charge in [0.1, 0.15) is 5.75 Å². The topological polar surface area (TPSA) is 35.5 Å². The molecule has 128 valence electrons. The molecule has 1 saturated heterocycles. The zero-order valence-corrected chi connectivity index (χ0v) is 15.7. The smallest absolute Gasteiger partial charge is 0.123 e. The monoisotopic (exact) mass is 348 g/mol. The van der Waals surface area contributed by atoms with Crippen molar-refractivity contribution in [2.24, 2.45) is 5.41 Å². The van der Waals surface area contributed by atoms with Crippen molar-refractivity contribution in [3.8, 4) is 5.75 Å². The Bertz CT molecular complexity index is 454. The van der Waals surface area contributed by atoms with Crippen molar-refractivity contribution in [3.63, 3.8) is 0 Å². The van der Waals surface area contributed by atoms with Gasteiger partial charge in [0.25, 0.3) is 0 Å². The quantitative estimate of drug-likeness (QED) is 0.872. The molecule has 5 heteroatoms. The standard InChI is InChI=1S/C17H28N2O.2ClH/c1-5-13-7-6-8-14(15(13)20)16(17(2,3)4)19-11-9-18-10-12-19;;/h6-8,16,18,20H,5,9-12H2,1-4H3;2*1H/t16-;;/m0../s1. The number of nitrogens with zero attached hydrogens (tertiary/aromatic N) is 1. The molecule has 1 aromatic rings.